The Morgan fingerprint density at radius 1 is 1.13 bits per heavy atom. The van der Waals surface area contributed by atoms with Crippen LogP contribution in [0, 0.1) is 0 Å². The smallest absolute Gasteiger partial charge is 0.412 e. The molecule has 1 fully saturated rings. The molecule has 5 aromatic rings. The summed E-state index contributed by atoms with van der Waals surface area (Å²) in [5.41, 5.74) is 3.42. The molecule has 1 atom stereocenters. The maximum absolute atomic E-state index is 12.7. The van der Waals surface area contributed by atoms with Gasteiger partial charge in [-0.3, -0.25) is 15.1 Å². The topological polar surface area (TPSA) is 115 Å². The van der Waals surface area contributed by atoms with Gasteiger partial charge < -0.3 is 14.4 Å². The molecule has 196 valence electrons. The molecule has 6 rings (SSSR count). The van der Waals surface area contributed by atoms with E-state index in [9.17, 15) is 14.7 Å². The Labute approximate surface area is 232 Å². The fraction of sp³-hybridized carbons (Fsp3) is 0.172. The molecule has 3 aromatic heterocycles. The van der Waals surface area contributed by atoms with Crippen molar-refractivity contribution in [3.8, 4) is 22.6 Å². The van der Waals surface area contributed by atoms with Gasteiger partial charge in [-0.05, 0) is 42.8 Å². The molecule has 2 N–H and O–H groups in total. The van der Waals surface area contributed by atoms with E-state index < -0.39 is 23.6 Å². The summed E-state index contributed by atoms with van der Waals surface area (Å²) in [6.07, 6.45) is 3.18. The van der Waals surface area contributed by atoms with Gasteiger partial charge in [0.25, 0.3) is 0 Å². The molecule has 10 heteroatoms. The lowest BCUT2D eigenvalue weighted by Gasteiger charge is -2.15. The number of fused-ring (bicyclic) bond motifs is 1. The maximum atomic E-state index is 12.7. The highest BCUT2D eigenvalue weighted by Gasteiger charge is 2.51. The van der Waals surface area contributed by atoms with Crippen LogP contribution >= 0.6 is 22.9 Å². The van der Waals surface area contributed by atoms with Crippen LogP contribution in [0.15, 0.2) is 76.9 Å². The number of carboxylic acid groups (broad SMARTS) is 1. The Hall–Kier alpha value is -4.21. The van der Waals surface area contributed by atoms with E-state index >= 15 is 0 Å². The highest BCUT2D eigenvalue weighted by molar-refractivity contribution is 7.17. The van der Waals surface area contributed by atoms with Crippen LogP contribution in [-0.4, -0.2) is 27.3 Å². The third-order valence-corrected chi connectivity index (χ3v) is 8.33. The first-order valence-electron chi connectivity index (χ1n) is 12.2. The molecular weight excluding hydrogens is 538 g/mol. The first-order valence-corrected chi connectivity index (χ1v) is 13.5. The van der Waals surface area contributed by atoms with Crippen molar-refractivity contribution in [2.24, 2.45) is 0 Å². The number of anilines is 1. The summed E-state index contributed by atoms with van der Waals surface area (Å²) in [5.74, 6) is -0.423. The number of hydrogen-bond donors (Lipinski definition) is 2. The molecule has 1 aliphatic carbocycles. The number of nitrogens with zero attached hydrogens (tertiary/aromatic N) is 2. The Balaban J connectivity index is 1.26. The van der Waals surface area contributed by atoms with Crippen molar-refractivity contribution in [2.75, 3.05) is 5.32 Å². The number of halogens is 1. The van der Waals surface area contributed by atoms with Gasteiger partial charge in [-0.15, -0.1) is 11.3 Å². The number of amides is 1. The van der Waals surface area contributed by atoms with E-state index in [4.69, 9.17) is 25.8 Å². The number of pyridine rings is 1. The first-order chi connectivity index (χ1) is 18.9. The van der Waals surface area contributed by atoms with E-state index in [1.807, 2.05) is 47.8 Å². The van der Waals surface area contributed by atoms with E-state index in [1.54, 1.807) is 25.3 Å². The van der Waals surface area contributed by atoms with Crippen LogP contribution in [0.1, 0.15) is 37.0 Å². The van der Waals surface area contributed by atoms with Gasteiger partial charge in [-0.1, -0.05) is 59.2 Å². The van der Waals surface area contributed by atoms with Crippen molar-refractivity contribution >= 4 is 50.8 Å². The van der Waals surface area contributed by atoms with Crippen molar-refractivity contribution in [1.29, 1.82) is 0 Å². The molecule has 8 nitrogen and oxygen atoms in total. The lowest BCUT2D eigenvalue weighted by atomic mass is 9.94. The fourth-order valence-electron chi connectivity index (χ4n) is 4.74. The molecule has 1 amide bonds. The summed E-state index contributed by atoms with van der Waals surface area (Å²) in [6, 6.07) is 16.7. The Kier molecular flexibility index (Phi) is 6.32. The quantitative estimate of drug-likeness (QED) is 0.210. The van der Waals surface area contributed by atoms with Crippen molar-refractivity contribution in [1.82, 2.24) is 10.1 Å². The average Bonchev–Trinajstić information content (AvgIpc) is 3.38. The number of carbonyl (C=O) groups excluding carboxylic acids is 1. The van der Waals surface area contributed by atoms with Crippen molar-refractivity contribution in [3.63, 3.8) is 0 Å². The summed E-state index contributed by atoms with van der Waals surface area (Å²) in [5, 5.41) is 19.6. The summed E-state index contributed by atoms with van der Waals surface area (Å²) >= 11 is 7.74. The second-order valence-corrected chi connectivity index (χ2v) is 10.7. The third kappa shape index (κ3) is 4.53. The van der Waals surface area contributed by atoms with Gasteiger partial charge in [0.05, 0.1) is 22.9 Å². The zero-order valence-electron chi connectivity index (χ0n) is 20.7. The third-order valence-electron chi connectivity index (χ3n) is 7.04. The largest absolute Gasteiger partial charge is 0.481 e. The van der Waals surface area contributed by atoms with Crippen LogP contribution in [0.3, 0.4) is 0 Å². The fourth-order valence-corrected chi connectivity index (χ4v) is 5.94. The number of thiophene rings is 1. The number of benzene rings is 2. The zero-order chi connectivity index (χ0) is 27.1. The summed E-state index contributed by atoms with van der Waals surface area (Å²) in [6.45, 7) is 1.74. The minimum absolute atomic E-state index is 0.350. The normalized spacial score (nSPS) is 14.6. The number of rotatable bonds is 7. The summed E-state index contributed by atoms with van der Waals surface area (Å²) in [7, 11) is 0. The number of hydrogen-bond acceptors (Lipinski definition) is 7. The predicted octanol–water partition coefficient (Wildman–Crippen LogP) is 7.70. The molecule has 1 aliphatic rings. The van der Waals surface area contributed by atoms with E-state index in [0.29, 0.717) is 40.4 Å². The van der Waals surface area contributed by atoms with Gasteiger partial charge in [-0.25, -0.2) is 4.79 Å². The molecule has 1 saturated carbocycles. The number of carboxylic acids is 1. The first kappa shape index (κ1) is 25.1. The molecule has 0 saturated heterocycles. The summed E-state index contributed by atoms with van der Waals surface area (Å²) < 4.78 is 12.0. The van der Waals surface area contributed by atoms with Gasteiger partial charge in [0.2, 0.25) is 0 Å². The predicted molar refractivity (Wildman–Crippen MR) is 149 cm³/mol. The lowest BCUT2D eigenvalue weighted by molar-refractivity contribution is -0.140. The minimum atomic E-state index is -0.781. The second kappa shape index (κ2) is 9.83. The van der Waals surface area contributed by atoms with Gasteiger partial charge >= 0.3 is 12.1 Å². The lowest BCUT2D eigenvalue weighted by Crippen LogP contribution is -2.19. The molecule has 0 radical (unpaired) electrons. The van der Waals surface area contributed by atoms with E-state index in [1.165, 1.54) is 17.5 Å². The summed E-state index contributed by atoms with van der Waals surface area (Å²) in [4.78, 5) is 29.1. The SMILES string of the molecule is CC(OC(=O)Nc1cnoc1-c1cnc(-c2ccc(C3(C(=O)O)CC3)cc2)c2ccsc12)c1ccccc1Cl. The standard InChI is InChI=1S/C29H22ClN3O5S/c1-16(19-4-2-3-5-22(19)30)37-28(36)33-23-15-32-38-25(23)21-14-31-24(20-10-13-39-26(20)21)17-6-8-18(9-7-17)29(11-12-29)27(34)35/h2-10,13-16H,11-12H2,1H3,(H,33,36)(H,34,35). The molecule has 3 heterocycles. The van der Waals surface area contributed by atoms with Crippen molar-refractivity contribution in [3.05, 3.63) is 88.5 Å². The molecule has 39 heavy (non-hydrogen) atoms. The molecular formula is C29H22ClN3O5S. The Bertz CT molecular complexity index is 1710. The Morgan fingerprint density at radius 2 is 1.90 bits per heavy atom. The molecule has 2 aromatic carbocycles. The van der Waals surface area contributed by atoms with Gasteiger partial charge in [0.1, 0.15) is 11.8 Å². The molecule has 0 spiro atoms. The van der Waals surface area contributed by atoms with E-state index in [-0.39, 0.29) is 0 Å². The molecule has 0 aliphatic heterocycles. The van der Waals surface area contributed by atoms with E-state index in [2.05, 4.69) is 10.5 Å². The van der Waals surface area contributed by atoms with Gasteiger partial charge in [-0.2, -0.15) is 0 Å². The van der Waals surface area contributed by atoms with Crippen LogP contribution in [0.4, 0.5) is 10.5 Å². The van der Waals surface area contributed by atoms with Gasteiger partial charge in [0.15, 0.2) is 5.76 Å². The van der Waals surface area contributed by atoms with Crippen molar-refractivity contribution in [2.45, 2.75) is 31.3 Å². The average molecular weight is 560 g/mol. The highest BCUT2D eigenvalue weighted by atomic mass is 35.5. The second-order valence-electron chi connectivity index (χ2n) is 9.41. The molecule has 0 bridgehead atoms. The van der Waals surface area contributed by atoms with Crippen LogP contribution in [0.2, 0.25) is 5.02 Å². The number of carbonyl (C=O) groups is 2. The van der Waals surface area contributed by atoms with Crippen LogP contribution in [0.5, 0.6) is 0 Å². The van der Waals surface area contributed by atoms with E-state index in [0.717, 1.165) is 26.9 Å². The molecule has 1 unspecified atom stereocenters. The number of nitrogens with one attached hydrogen (secondary N) is 1. The minimum Gasteiger partial charge on any atom is -0.481 e. The monoisotopic (exact) mass is 559 g/mol. The van der Waals surface area contributed by atoms with Gasteiger partial charge in [0, 0.05) is 32.4 Å². The number of ether oxygens (including phenoxy) is 1. The Morgan fingerprint density at radius 3 is 2.62 bits per heavy atom. The van der Waals surface area contributed by atoms with Crippen LogP contribution in [0.25, 0.3) is 32.7 Å². The van der Waals surface area contributed by atoms with Crippen LogP contribution < -0.4 is 5.32 Å². The zero-order valence-corrected chi connectivity index (χ0v) is 22.3. The van der Waals surface area contributed by atoms with Crippen LogP contribution in [-0.2, 0) is 14.9 Å². The van der Waals surface area contributed by atoms with Crippen molar-refractivity contribution < 1.29 is 24.0 Å². The maximum Gasteiger partial charge on any atom is 0.412 e. The number of aliphatic carboxylic acids is 1. The highest BCUT2D eigenvalue weighted by Crippen LogP contribution is 2.49. The number of aromatic nitrogens is 2.